The number of hydrogen-bond donors (Lipinski definition) is 4. The molecule has 0 radical (unpaired) electrons. The molecule has 2 amide bonds. The molecule has 9 nitrogen and oxygen atoms in total. The number of carbonyl (C=O) groups excluding carboxylic acids is 1. The third-order valence-electron chi connectivity index (χ3n) is 5.27. The summed E-state index contributed by atoms with van der Waals surface area (Å²) in [5, 5.41) is 14.9. The number of urea groups is 1. The standard InChI is InChI=1S/C24H24N4O5S/c29-23(30)14-22(18-6-3-11-25-15-18)28-34(32,33)21-8-2-5-17(13-21)16-4-1-7-20(12-16)27-24(31)26-19-9-10-19/h1-8,11-13,15,19,22,28H,9-10,14H2,(H,29,30)(H2,26,27,31). The zero-order valence-electron chi connectivity index (χ0n) is 18.1. The lowest BCUT2D eigenvalue weighted by molar-refractivity contribution is -0.137. The predicted molar refractivity (Wildman–Crippen MR) is 127 cm³/mol. The Hall–Kier alpha value is -3.76. The Labute approximate surface area is 197 Å². The first-order chi connectivity index (χ1) is 16.3. The van der Waals surface area contributed by atoms with Crippen LogP contribution in [-0.4, -0.2) is 36.6 Å². The number of pyridine rings is 1. The number of carboxylic acid groups (broad SMARTS) is 1. The number of rotatable bonds is 9. The molecular weight excluding hydrogens is 456 g/mol. The minimum Gasteiger partial charge on any atom is -0.481 e. The van der Waals surface area contributed by atoms with Crippen molar-refractivity contribution in [3.05, 3.63) is 78.6 Å². The maximum Gasteiger partial charge on any atom is 0.319 e. The van der Waals surface area contributed by atoms with Crippen LogP contribution in [0.5, 0.6) is 0 Å². The molecule has 34 heavy (non-hydrogen) atoms. The molecule has 1 aliphatic carbocycles. The summed E-state index contributed by atoms with van der Waals surface area (Å²) >= 11 is 0. The van der Waals surface area contributed by atoms with Crippen LogP contribution in [0.1, 0.15) is 30.9 Å². The van der Waals surface area contributed by atoms with Gasteiger partial charge in [0.05, 0.1) is 17.4 Å². The van der Waals surface area contributed by atoms with E-state index >= 15 is 0 Å². The molecule has 4 N–H and O–H groups in total. The van der Waals surface area contributed by atoms with E-state index in [1.54, 1.807) is 42.5 Å². The summed E-state index contributed by atoms with van der Waals surface area (Å²) in [6.07, 6.45) is 4.50. The van der Waals surface area contributed by atoms with Crippen LogP contribution >= 0.6 is 0 Å². The third-order valence-corrected chi connectivity index (χ3v) is 6.74. The number of nitrogens with zero attached hydrogens (tertiary/aromatic N) is 1. The number of benzene rings is 2. The van der Waals surface area contributed by atoms with Gasteiger partial charge >= 0.3 is 12.0 Å². The Bertz CT molecular complexity index is 1290. The second kappa shape index (κ2) is 10.0. The number of hydrogen-bond acceptors (Lipinski definition) is 5. The Kier molecular flexibility index (Phi) is 6.90. The number of carboxylic acids is 1. The van der Waals surface area contributed by atoms with Crippen LogP contribution in [-0.2, 0) is 14.8 Å². The average Bonchev–Trinajstić information content (AvgIpc) is 3.63. The van der Waals surface area contributed by atoms with Crippen molar-refractivity contribution < 1.29 is 23.1 Å². The summed E-state index contributed by atoms with van der Waals surface area (Å²) in [6, 6.07) is 15.6. The molecule has 176 valence electrons. The van der Waals surface area contributed by atoms with E-state index in [1.165, 1.54) is 24.5 Å². The van der Waals surface area contributed by atoms with E-state index < -0.39 is 28.5 Å². The van der Waals surface area contributed by atoms with Gasteiger partial charge in [-0.25, -0.2) is 17.9 Å². The zero-order chi connectivity index (χ0) is 24.1. The molecule has 1 saturated carbocycles. The number of amides is 2. The SMILES string of the molecule is O=C(O)CC(NS(=O)(=O)c1cccc(-c2cccc(NC(=O)NC3CC3)c2)c1)c1cccnc1. The van der Waals surface area contributed by atoms with Crippen molar-refractivity contribution in [3.63, 3.8) is 0 Å². The van der Waals surface area contributed by atoms with Gasteiger partial charge < -0.3 is 15.7 Å². The fourth-order valence-corrected chi connectivity index (χ4v) is 4.71. The number of aromatic nitrogens is 1. The van der Waals surface area contributed by atoms with Crippen LogP contribution in [0.3, 0.4) is 0 Å². The summed E-state index contributed by atoms with van der Waals surface area (Å²) in [5.74, 6) is -1.14. The van der Waals surface area contributed by atoms with Crippen molar-refractivity contribution in [2.45, 2.75) is 36.2 Å². The lowest BCUT2D eigenvalue weighted by Gasteiger charge is -2.17. The monoisotopic (exact) mass is 480 g/mol. The molecule has 1 heterocycles. The molecule has 0 bridgehead atoms. The van der Waals surface area contributed by atoms with E-state index in [9.17, 15) is 23.1 Å². The molecule has 1 unspecified atom stereocenters. The maximum absolute atomic E-state index is 13.1. The van der Waals surface area contributed by atoms with E-state index in [2.05, 4.69) is 20.3 Å². The average molecular weight is 481 g/mol. The van der Waals surface area contributed by atoms with E-state index in [0.717, 1.165) is 18.4 Å². The highest BCUT2D eigenvalue weighted by molar-refractivity contribution is 7.89. The molecule has 0 spiro atoms. The maximum atomic E-state index is 13.1. The Balaban J connectivity index is 1.55. The van der Waals surface area contributed by atoms with Gasteiger partial charge in [0, 0.05) is 24.1 Å². The minimum absolute atomic E-state index is 0.00545. The van der Waals surface area contributed by atoms with Crippen molar-refractivity contribution in [1.82, 2.24) is 15.0 Å². The lowest BCUT2D eigenvalue weighted by Crippen LogP contribution is -2.30. The van der Waals surface area contributed by atoms with Gasteiger partial charge in [0.1, 0.15) is 0 Å². The van der Waals surface area contributed by atoms with Gasteiger partial charge in [-0.1, -0.05) is 30.3 Å². The van der Waals surface area contributed by atoms with Crippen LogP contribution in [0, 0.1) is 0 Å². The zero-order valence-corrected chi connectivity index (χ0v) is 19.0. The first kappa shape index (κ1) is 23.4. The summed E-state index contributed by atoms with van der Waals surface area (Å²) in [6.45, 7) is 0. The Morgan fingerprint density at radius 2 is 1.76 bits per heavy atom. The quantitative estimate of drug-likeness (QED) is 0.370. The summed E-state index contributed by atoms with van der Waals surface area (Å²) in [5.41, 5.74) is 2.38. The molecule has 0 saturated heterocycles. The van der Waals surface area contributed by atoms with Gasteiger partial charge in [-0.05, 0) is 59.9 Å². The second-order valence-electron chi connectivity index (χ2n) is 8.04. The topological polar surface area (TPSA) is 137 Å². The number of nitrogens with one attached hydrogen (secondary N) is 3. The summed E-state index contributed by atoms with van der Waals surface area (Å²) in [7, 11) is -4.04. The first-order valence-corrected chi connectivity index (χ1v) is 12.2. The van der Waals surface area contributed by atoms with E-state index in [-0.39, 0.29) is 17.0 Å². The van der Waals surface area contributed by atoms with Crippen molar-refractivity contribution in [3.8, 4) is 11.1 Å². The number of carbonyl (C=O) groups is 2. The lowest BCUT2D eigenvalue weighted by atomic mass is 10.1. The number of sulfonamides is 1. The van der Waals surface area contributed by atoms with Gasteiger partial charge in [-0.3, -0.25) is 9.78 Å². The molecule has 3 aromatic rings. The first-order valence-electron chi connectivity index (χ1n) is 10.7. The van der Waals surface area contributed by atoms with E-state index in [1.807, 2.05) is 6.07 Å². The van der Waals surface area contributed by atoms with Crippen molar-refractivity contribution >= 4 is 27.7 Å². The molecular formula is C24H24N4O5S. The predicted octanol–water partition coefficient (Wildman–Crippen LogP) is 3.53. The summed E-state index contributed by atoms with van der Waals surface area (Å²) < 4.78 is 28.7. The van der Waals surface area contributed by atoms with Crippen LogP contribution in [0.25, 0.3) is 11.1 Å². The molecule has 0 aliphatic heterocycles. The smallest absolute Gasteiger partial charge is 0.319 e. The fraction of sp³-hybridized carbons (Fsp3) is 0.208. The van der Waals surface area contributed by atoms with Crippen LogP contribution < -0.4 is 15.4 Å². The second-order valence-corrected chi connectivity index (χ2v) is 9.75. The highest BCUT2D eigenvalue weighted by Crippen LogP contribution is 2.27. The number of aliphatic carboxylic acids is 1. The van der Waals surface area contributed by atoms with Crippen molar-refractivity contribution in [1.29, 1.82) is 0 Å². The molecule has 2 aromatic carbocycles. The van der Waals surface area contributed by atoms with Crippen LogP contribution in [0.4, 0.5) is 10.5 Å². The van der Waals surface area contributed by atoms with Gasteiger partial charge in [-0.15, -0.1) is 0 Å². The van der Waals surface area contributed by atoms with Crippen LogP contribution in [0.15, 0.2) is 78.0 Å². The molecule has 1 aliphatic rings. The number of anilines is 1. The molecule has 1 atom stereocenters. The van der Waals surface area contributed by atoms with Gasteiger partial charge in [0.2, 0.25) is 10.0 Å². The highest BCUT2D eigenvalue weighted by Gasteiger charge is 2.25. The van der Waals surface area contributed by atoms with Gasteiger partial charge in [0.25, 0.3) is 0 Å². The van der Waals surface area contributed by atoms with Gasteiger partial charge in [0.15, 0.2) is 0 Å². The molecule has 10 heteroatoms. The van der Waals surface area contributed by atoms with Gasteiger partial charge in [-0.2, -0.15) is 0 Å². The highest BCUT2D eigenvalue weighted by atomic mass is 32.2. The fourth-order valence-electron chi connectivity index (χ4n) is 3.44. The Morgan fingerprint density at radius 3 is 2.44 bits per heavy atom. The Morgan fingerprint density at radius 1 is 1.03 bits per heavy atom. The van der Waals surface area contributed by atoms with Crippen LogP contribution in [0.2, 0.25) is 0 Å². The molecule has 1 fully saturated rings. The molecule has 1 aromatic heterocycles. The largest absolute Gasteiger partial charge is 0.481 e. The third kappa shape index (κ3) is 6.18. The summed E-state index contributed by atoms with van der Waals surface area (Å²) in [4.78, 5) is 27.3. The van der Waals surface area contributed by atoms with Crippen molar-refractivity contribution in [2.24, 2.45) is 0 Å². The van der Waals surface area contributed by atoms with E-state index in [0.29, 0.717) is 16.8 Å². The van der Waals surface area contributed by atoms with E-state index in [4.69, 9.17) is 0 Å². The normalized spacial score (nSPS) is 14.2. The minimum atomic E-state index is -4.04. The van der Waals surface area contributed by atoms with Crippen molar-refractivity contribution in [2.75, 3.05) is 5.32 Å². The molecule has 4 rings (SSSR count).